The molecule has 58 valence electrons. The summed E-state index contributed by atoms with van der Waals surface area (Å²) in [6.45, 7) is 0. The number of hydrogen-bond donors (Lipinski definition) is 1. The Balaban J connectivity index is 2.86. The van der Waals surface area contributed by atoms with Crippen molar-refractivity contribution >= 4 is 11.9 Å². The summed E-state index contributed by atoms with van der Waals surface area (Å²) in [7, 11) is 1.50. The van der Waals surface area contributed by atoms with Gasteiger partial charge in [0, 0.05) is 11.3 Å². The van der Waals surface area contributed by atoms with E-state index in [2.05, 4.69) is 9.99 Å². The highest BCUT2D eigenvalue weighted by molar-refractivity contribution is 5.86. The second kappa shape index (κ2) is 3.61. The first-order chi connectivity index (χ1) is 5.34. The van der Waals surface area contributed by atoms with E-state index in [4.69, 9.17) is 5.73 Å². The Labute approximate surface area is 65.5 Å². The zero-order valence-corrected chi connectivity index (χ0v) is 6.32. The standard InChI is InChI=1S/C8H10N2O/c1-11-10-6-7-4-2-3-5-8(7)9/h2-6H,9H2,1H3/b10-6-. The fourth-order valence-corrected chi connectivity index (χ4v) is 0.738. The van der Waals surface area contributed by atoms with Gasteiger partial charge >= 0.3 is 0 Å². The minimum atomic E-state index is 0.702. The zero-order valence-electron chi connectivity index (χ0n) is 6.32. The number of rotatable bonds is 2. The molecule has 1 aromatic carbocycles. The molecule has 0 heterocycles. The third kappa shape index (κ3) is 1.97. The van der Waals surface area contributed by atoms with Crippen molar-refractivity contribution < 1.29 is 4.84 Å². The van der Waals surface area contributed by atoms with Gasteiger partial charge in [-0.05, 0) is 6.07 Å². The maximum Gasteiger partial charge on any atom is 0.106 e. The number of nitrogen functional groups attached to an aromatic ring is 1. The van der Waals surface area contributed by atoms with Gasteiger partial charge in [-0.15, -0.1) is 0 Å². The Kier molecular flexibility index (Phi) is 2.49. The van der Waals surface area contributed by atoms with Gasteiger partial charge in [-0.1, -0.05) is 23.4 Å². The molecule has 0 saturated carbocycles. The number of anilines is 1. The van der Waals surface area contributed by atoms with Crippen LogP contribution in [0.25, 0.3) is 0 Å². The van der Waals surface area contributed by atoms with E-state index >= 15 is 0 Å². The molecule has 0 radical (unpaired) electrons. The van der Waals surface area contributed by atoms with Gasteiger partial charge in [0.25, 0.3) is 0 Å². The topological polar surface area (TPSA) is 47.6 Å². The van der Waals surface area contributed by atoms with Crippen LogP contribution in [-0.4, -0.2) is 13.3 Å². The van der Waals surface area contributed by atoms with Crippen LogP contribution in [0.2, 0.25) is 0 Å². The van der Waals surface area contributed by atoms with E-state index in [1.165, 1.54) is 7.11 Å². The molecule has 1 rings (SSSR count). The first-order valence-corrected chi connectivity index (χ1v) is 3.25. The van der Waals surface area contributed by atoms with Gasteiger partial charge in [-0.2, -0.15) is 0 Å². The lowest BCUT2D eigenvalue weighted by Crippen LogP contribution is -1.91. The molecule has 0 fully saturated rings. The third-order valence-corrected chi connectivity index (χ3v) is 1.29. The molecule has 0 unspecified atom stereocenters. The Morgan fingerprint density at radius 2 is 2.18 bits per heavy atom. The average molecular weight is 150 g/mol. The molecule has 0 aromatic heterocycles. The summed E-state index contributed by atoms with van der Waals surface area (Å²) in [6, 6.07) is 7.46. The summed E-state index contributed by atoms with van der Waals surface area (Å²) in [5.41, 5.74) is 7.19. The van der Waals surface area contributed by atoms with Gasteiger partial charge in [0.1, 0.15) is 7.11 Å². The number of benzene rings is 1. The van der Waals surface area contributed by atoms with E-state index in [1.807, 2.05) is 24.3 Å². The molecule has 0 amide bonds. The van der Waals surface area contributed by atoms with Gasteiger partial charge in [0.05, 0.1) is 6.21 Å². The fourth-order valence-electron chi connectivity index (χ4n) is 0.738. The molecule has 11 heavy (non-hydrogen) atoms. The maximum atomic E-state index is 5.61. The van der Waals surface area contributed by atoms with Crippen molar-refractivity contribution in [2.45, 2.75) is 0 Å². The molecule has 0 aliphatic heterocycles. The third-order valence-electron chi connectivity index (χ3n) is 1.29. The van der Waals surface area contributed by atoms with Crippen molar-refractivity contribution in [3.8, 4) is 0 Å². The van der Waals surface area contributed by atoms with Crippen LogP contribution in [0.15, 0.2) is 29.4 Å². The van der Waals surface area contributed by atoms with Crippen LogP contribution in [-0.2, 0) is 4.84 Å². The van der Waals surface area contributed by atoms with Crippen LogP contribution >= 0.6 is 0 Å². The minimum absolute atomic E-state index is 0.702. The van der Waals surface area contributed by atoms with Gasteiger partial charge in [-0.3, -0.25) is 0 Å². The summed E-state index contributed by atoms with van der Waals surface area (Å²) in [5, 5.41) is 3.60. The molecule has 0 saturated heterocycles. The molecule has 0 atom stereocenters. The lowest BCUT2D eigenvalue weighted by Gasteiger charge is -1.96. The van der Waals surface area contributed by atoms with Crippen LogP contribution in [0.1, 0.15) is 5.56 Å². The molecule has 1 aromatic rings. The van der Waals surface area contributed by atoms with Crippen molar-refractivity contribution in [3.63, 3.8) is 0 Å². The largest absolute Gasteiger partial charge is 0.399 e. The van der Waals surface area contributed by atoms with Gasteiger partial charge < -0.3 is 10.6 Å². The second-order valence-electron chi connectivity index (χ2n) is 2.05. The van der Waals surface area contributed by atoms with Gasteiger partial charge in [0.2, 0.25) is 0 Å². The number of nitrogens with zero attached hydrogens (tertiary/aromatic N) is 1. The van der Waals surface area contributed by atoms with E-state index in [1.54, 1.807) is 6.21 Å². The van der Waals surface area contributed by atoms with Crippen LogP contribution < -0.4 is 5.73 Å². The second-order valence-corrected chi connectivity index (χ2v) is 2.05. The summed E-state index contributed by atoms with van der Waals surface area (Å²) in [6.07, 6.45) is 1.58. The number of nitrogens with two attached hydrogens (primary N) is 1. The summed E-state index contributed by atoms with van der Waals surface area (Å²) in [5.74, 6) is 0. The molecule has 0 spiro atoms. The number of hydrogen-bond acceptors (Lipinski definition) is 3. The minimum Gasteiger partial charge on any atom is -0.399 e. The summed E-state index contributed by atoms with van der Waals surface area (Å²) < 4.78 is 0. The lowest BCUT2D eigenvalue weighted by molar-refractivity contribution is 0.215. The van der Waals surface area contributed by atoms with Crippen LogP contribution in [0, 0.1) is 0 Å². The average Bonchev–Trinajstić information content (AvgIpc) is 2.03. The Morgan fingerprint density at radius 3 is 2.82 bits per heavy atom. The van der Waals surface area contributed by atoms with Crippen molar-refractivity contribution in [1.82, 2.24) is 0 Å². The molecule has 2 N–H and O–H groups in total. The molecular weight excluding hydrogens is 140 g/mol. The highest BCUT2D eigenvalue weighted by atomic mass is 16.6. The van der Waals surface area contributed by atoms with E-state index in [0.717, 1.165) is 5.56 Å². The van der Waals surface area contributed by atoms with E-state index in [-0.39, 0.29) is 0 Å². The number of oxime groups is 1. The summed E-state index contributed by atoms with van der Waals surface area (Å²) >= 11 is 0. The van der Waals surface area contributed by atoms with E-state index < -0.39 is 0 Å². The zero-order chi connectivity index (χ0) is 8.10. The van der Waals surface area contributed by atoms with Crippen molar-refractivity contribution in [1.29, 1.82) is 0 Å². The molecule has 0 aliphatic carbocycles. The van der Waals surface area contributed by atoms with Gasteiger partial charge in [0.15, 0.2) is 0 Å². The Hall–Kier alpha value is -1.51. The smallest absolute Gasteiger partial charge is 0.106 e. The fraction of sp³-hybridized carbons (Fsp3) is 0.125. The number of para-hydroxylation sites is 1. The van der Waals surface area contributed by atoms with E-state index in [9.17, 15) is 0 Å². The maximum absolute atomic E-state index is 5.61. The van der Waals surface area contributed by atoms with Crippen molar-refractivity contribution in [2.75, 3.05) is 12.8 Å². The molecule has 0 aliphatic rings. The predicted octanol–water partition coefficient (Wildman–Crippen LogP) is 1.25. The van der Waals surface area contributed by atoms with Crippen molar-refractivity contribution in [3.05, 3.63) is 29.8 Å². The van der Waals surface area contributed by atoms with Crippen LogP contribution in [0.3, 0.4) is 0 Å². The summed E-state index contributed by atoms with van der Waals surface area (Å²) in [4.78, 5) is 4.51. The molecular formula is C8H10N2O. The van der Waals surface area contributed by atoms with Crippen molar-refractivity contribution in [2.24, 2.45) is 5.16 Å². The highest BCUT2D eigenvalue weighted by Crippen LogP contribution is 2.06. The van der Waals surface area contributed by atoms with Crippen LogP contribution in [0.5, 0.6) is 0 Å². The lowest BCUT2D eigenvalue weighted by atomic mass is 10.2. The first kappa shape index (κ1) is 7.60. The monoisotopic (exact) mass is 150 g/mol. The van der Waals surface area contributed by atoms with E-state index in [0.29, 0.717) is 5.69 Å². The quantitative estimate of drug-likeness (QED) is 0.392. The Bertz CT molecular complexity index is 258. The molecule has 3 heteroatoms. The highest BCUT2D eigenvalue weighted by Gasteiger charge is 1.91. The molecule has 3 nitrogen and oxygen atoms in total. The molecule has 0 bridgehead atoms. The first-order valence-electron chi connectivity index (χ1n) is 3.25. The predicted molar refractivity (Wildman–Crippen MR) is 45.5 cm³/mol. The SMILES string of the molecule is CO/N=C\c1ccccc1N. The normalized spacial score (nSPS) is 10.3. The van der Waals surface area contributed by atoms with Crippen LogP contribution in [0.4, 0.5) is 5.69 Å². The van der Waals surface area contributed by atoms with Gasteiger partial charge in [-0.25, -0.2) is 0 Å². The Morgan fingerprint density at radius 1 is 1.45 bits per heavy atom.